The van der Waals surface area contributed by atoms with Gasteiger partial charge in [-0.2, -0.15) is 5.10 Å². The highest BCUT2D eigenvalue weighted by molar-refractivity contribution is 5.80. The maximum atomic E-state index is 11.0. The minimum atomic E-state index is 0.763. The normalized spacial score (nSPS) is 19.4. The predicted octanol–water partition coefficient (Wildman–Crippen LogP) is 5.01. The van der Waals surface area contributed by atoms with E-state index in [0.717, 1.165) is 76.7 Å². The van der Waals surface area contributed by atoms with Gasteiger partial charge in [-0.3, -0.25) is 4.79 Å². The van der Waals surface area contributed by atoms with Gasteiger partial charge in [0.1, 0.15) is 0 Å². The molecule has 0 atom stereocenters. The highest BCUT2D eigenvalue weighted by atomic mass is 16.1. The van der Waals surface area contributed by atoms with Crippen molar-refractivity contribution in [2.45, 2.75) is 46.0 Å². The van der Waals surface area contributed by atoms with Gasteiger partial charge in [0.05, 0.1) is 11.2 Å². The average molecular weight is 517 g/mol. The Morgan fingerprint density at radius 2 is 1.53 bits per heavy atom. The van der Waals surface area contributed by atoms with Gasteiger partial charge in [0.2, 0.25) is 6.41 Å². The Morgan fingerprint density at radius 3 is 2.13 bits per heavy atom. The van der Waals surface area contributed by atoms with Crippen LogP contribution in [0, 0.1) is 5.92 Å². The molecule has 0 bridgehead atoms. The SMILES string of the molecule is CC1CCCCC1.CCN1CCN(c2ccc(-c3cc4c(N5CCN(C=O)CC5)ccnn4c3)cc2)CC1. The van der Waals surface area contributed by atoms with E-state index in [0.29, 0.717) is 0 Å². The molecule has 4 heterocycles. The summed E-state index contributed by atoms with van der Waals surface area (Å²) in [6.07, 6.45) is 12.3. The molecule has 0 radical (unpaired) electrons. The van der Waals surface area contributed by atoms with Crippen LogP contribution in [0.4, 0.5) is 11.4 Å². The molecule has 7 heteroatoms. The first-order valence-corrected chi connectivity index (χ1v) is 14.6. The second-order valence-electron chi connectivity index (χ2n) is 11.1. The summed E-state index contributed by atoms with van der Waals surface area (Å²) in [6.45, 7) is 13.4. The first kappa shape index (κ1) is 26.5. The second kappa shape index (κ2) is 12.7. The van der Waals surface area contributed by atoms with Gasteiger partial charge in [-0.15, -0.1) is 0 Å². The van der Waals surface area contributed by atoms with Crippen molar-refractivity contribution in [1.82, 2.24) is 19.4 Å². The smallest absolute Gasteiger partial charge is 0.209 e. The van der Waals surface area contributed by atoms with E-state index >= 15 is 0 Å². The Balaban J connectivity index is 0.000000366. The third kappa shape index (κ3) is 6.32. The van der Waals surface area contributed by atoms with Gasteiger partial charge in [-0.05, 0) is 42.3 Å². The molecular weight excluding hydrogens is 472 g/mol. The first-order valence-electron chi connectivity index (χ1n) is 14.6. The number of likely N-dealkylation sites (N-methyl/N-ethyl adjacent to an activating group) is 1. The van der Waals surface area contributed by atoms with E-state index in [1.807, 2.05) is 15.6 Å². The molecule has 2 aromatic heterocycles. The third-order valence-electron chi connectivity index (χ3n) is 8.57. The molecule has 0 spiro atoms. The molecule has 7 nitrogen and oxygen atoms in total. The number of benzene rings is 1. The van der Waals surface area contributed by atoms with E-state index in [1.54, 1.807) is 0 Å². The fourth-order valence-electron chi connectivity index (χ4n) is 5.99. The van der Waals surface area contributed by atoms with Crippen molar-refractivity contribution < 1.29 is 4.79 Å². The molecule has 3 aromatic rings. The molecule has 3 aliphatic rings. The van der Waals surface area contributed by atoms with Crippen molar-refractivity contribution in [1.29, 1.82) is 0 Å². The van der Waals surface area contributed by atoms with Gasteiger partial charge in [0.25, 0.3) is 0 Å². The molecule has 3 fully saturated rings. The Hall–Kier alpha value is -3.06. The minimum absolute atomic E-state index is 0.763. The second-order valence-corrected chi connectivity index (χ2v) is 11.1. The van der Waals surface area contributed by atoms with Gasteiger partial charge >= 0.3 is 0 Å². The topological polar surface area (TPSA) is 47.3 Å². The number of carbonyl (C=O) groups excluding carboxylic acids is 1. The van der Waals surface area contributed by atoms with Gasteiger partial charge in [0.15, 0.2) is 0 Å². The van der Waals surface area contributed by atoms with E-state index in [-0.39, 0.29) is 0 Å². The van der Waals surface area contributed by atoms with Crippen LogP contribution in [0.25, 0.3) is 16.6 Å². The number of hydrogen-bond donors (Lipinski definition) is 0. The summed E-state index contributed by atoms with van der Waals surface area (Å²) in [5, 5.41) is 4.53. The number of rotatable bonds is 5. The Morgan fingerprint density at radius 1 is 0.842 bits per heavy atom. The number of amides is 1. The molecule has 204 valence electrons. The zero-order valence-corrected chi connectivity index (χ0v) is 23.3. The van der Waals surface area contributed by atoms with Crippen LogP contribution in [0.3, 0.4) is 0 Å². The quantitative estimate of drug-likeness (QED) is 0.446. The van der Waals surface area contributed by atoms with Gasteiger partial charge in [-0.1, -0.05) is 58.1 Å². The van der Waals surface area contributed by atoms with Gasteiger partial charge < -0.3 is 19.6 Å². The van der Waals surface area contributed by atoms with E-state index in [2.05, 4.69) is 76.2 Å². The number of aromatic nitrogens is 2. The van der Waals surface area contributed by atoms with Crippen molar-refractivity contribution in [2.24, 2.45) is 5.92 Å². The summed E-state index contributed by atoms with van der Waals surface area (Å²) >= 11 is 0. The molecule has 1 aliphatic carbocycles. The summed E-state index contributed by atoms with van der Waals surface area (Å²) in [4.78, 5) is 20.2. The first-order chi connectivity index (χ1) is 18.6. The molecule has 2 saturated heterocycles. The lowest BCUT2D eigenvalue weighted by Crippen LogP contribution is -2.46. The zero-order valence-electron chi connectivity index (χ0n) is 23.3. The van der Waals surface area contributed by atoms with Crippen LogP contribution in [0.15, 0.2) is 48.8 Å². The Bertz CT molecular complexity index is 1150. The van der Waals surface area contributed by atoms with Crippen molar-refractivity contribution in [3.8, 4) is 11.1 Å². The van der Waals surface area contributed by atoms with Crippen LogP contribution < -0.4 is 9.80 Å². The van der Waals surface area contributed by atoms with E-state index in [4.69, 9.17) is 0 Å². The van der Waals surface area contributed by atoms with Crippen LogP contribution in [0.1, 0.15) is 46.0 Å². The maximum Gasteiger partial charge on any atom is 0.209 e. The van der Waals surface area contributed by atoms with E-state index in [1.165, 1.54) is 54.6 Å². The lowest BCUT2D eigenvalue weighted by Gasteiger charge is -2.35. The van der Waals surface area contributed by atoms with Crippen molar-refractivity contribution in [3.63, 3.8) is 0 Å². The monoisotopic (exact) mass is 516 g/mol. The molecule has 6 rings (SSSR count). The van der Waals surface area contributed by atoms with Crippen LogP contribution in [-0.4, -0.2) is 84.7 Å². The summed E-state index contributed by atoms with van der Waals surface area (Å²) in [5.41, 5.74) is 5.97. The average Bonchev–Trinajstić information content (AvgIpc) is 3.43. The molecule has 1 amide bonds. The Kier molecular flexibility index (Phi) is 8.84. The highest BCUT2D eigenvalue weighted by Gasteiger charge is 2.19. The predicted molar refractivity (Wildman–Crippen MR) is 157 cm³/mol. The standard InChI is InChI=1S/C24H30N6O.C7H14/c1-2-26-9-13-28(14-10-26)22-5-3-20(4-6-22)21-17-24-23(7-8-25-30(24)18-21)29-15-11-27(19-31)12-16-29;1-7-5-3-2-4-6-7/h3-8,17-19H,2,9-16H2,1H3;7H,2-6H2,1H3. The number of piperazine rings is 2. The number of hydrogen-bond acceptors (Lipinski definition) is 5. The summed E-state index contributed by atoms with van der Waals surface area (Å²) in [6, 6.07) is 13.2. The number of nitrogens with zero attached hydrogens (tertiary/aromatic N) is 6. The van der Waals surface area contributed by atoms with Crippen LogP contribution in [0.5, 0.6) is 0 Å². The summed E-state index contributed by atoms with van der Waals surface area (Å²) in [5.74, 6) is 1.04. The number of anilines is 2. The molecule has 1 aromatic carbocycles. The maximum absolute atomic E-state index is 11.0. The lowest BCUT2D eigenvalue weighted by atomic mass is 9.91. The molecule has 2 aliphatic heterocycles. The van der Waals surface area contributed by atoms with Crippen molar-refractivity contribution >= 4 is 23.3 Å². The number of fused-ring (bicyclic) bond motifs is 1. The zero-order chi connectivity index (χ0) is 26.3. The largest absolute Gasteiger partial charge is 0.369 e. The van der Waals surface area contributed by atoms with Gasteiger partial charge in [-0.25, -0.2) is 4.52 Å². The summed E-state index contributed by atoms with van der Waals surface area (Å²) in [7, 11) is 0. The molecule has 0 N–H and O–H groups in total. The van der Waals surface area contributed by atoms with Crippen molar-refractivity contribution in [3.05, 3.63) is 48.8 Å². The highest BCUT2D eigenvalue weighted by Crippen LogP contribution is 2.30. The summed E-state index contributed by atoms with van der Waals surface area (Å²) < 4.78 is 1.97. The molecule has 38 heavy (non-hydrogen) atoms. The van der Waals surface area contributed by atoms with Crippen molar-refractivity contribution in [2.75, 3.05) is 68.7 Å². The molecule has 0 unspecified atom stereocenters. The van der Waals surface area contributed by atoms with Crippen LogP contribution in [0.2, 0.25) is 0 Å². The van der Waals surface area contributed by atoms with E-state index < -0.39 is 0 Å². The third-order valence-corrected chi connectivity index (χ3v) is 8.57. The fraction of sp³-hybridized carbons (Fsp3) is 0.548. The Labute approximate surface area is 228 Å². The van der Waals surface area contributed by atoms with Crippen LogP contribution in [-0.2, 0) is 4.79 Å². The lowest BCUT2D eigenvalue weighted by molar-refractivity contribution is -0.118. The van der Waals surface area contributed by atoms with E-state index in [9.17, 15) is 4.79 Å². The van der Waals surface area contributed by atoms with Gasteiger partial charge in [0, 0.05) is 76.0 Å². The number of carbonyl (C=O) groups is 1. The molecule has 1 saturated carbocycles. The molecular formula is C31H44N6O. The minimum Gasteiger partial charge on any atom is -0.369 e. The van der Waals surface area contributed by atoms with Crippen LogP contribution >= 0.6 is 0 Å². The fourth-order valence-corrected chi connectivity index (χ4v) is 5.99.